The molecule has 2 aromatic carbocycles. The van der Waals surface area contributed by atoms with Gasteiger partial charge < -0.3 is 19.6 Å². The minimum absolute atomic E-state index is 0.0389. The molecule has 0 spiro atoms. The third kappa shape index (κ3) is 4.29. The van der Waals surface area contributed by atoms with Gasteiger partial charge in [-0.3, -0.25) is 9.78 Å². The van der Waals surface area contributed by atoms with E-state index in [2.05, 4.69) is 10.3 Å². The first-order valence-electron chi connectivity index (χ1n) is 11.3. The fourth-order valence-electron chi connectivity index (χ4n) is 4.53. The van der Waals surface area contributed by atoms with Gasteiger partial charge in [-0.15, -0.1) is 0 Å². The lowest BCUT2D eigenvalue weighted by molar-refractivity contribution is 0.0927. The predicted octanol–water partition coefficient (Wildman–Crippen LogP) is 5.94. The van der Waals surface area contributed by atoms with Crippen LogP contribution in [-0.4, -0.2) is 29.1 Å². The molecule has 0 bridgehead atoms. The van der Waals surface area contributed by atoms with Crippen LogP contribution >= 0.6 is 0 Å². The monoisotopic (exact) mass is 442 g/mol. The van der Waals surface area contributed by atoms with Gasteiger partial charge in [-0.25, -0.2) is 0 Å². The summed E-state index contributed by atoms with van der Waals surface area (Å²) < 4.78 is 11.6. The van der Waals surface area contributed by atoms with E-state index in [1.54, 1.807) is 31.5 Å². The molecule has 6 nitrogen and oxygen atoms in total. The van der Waals surface area contributed by atoms with Crippen LogP contribution < -0.4 is 10.1 Å². The first kappa shape index (κ1) is 21.1. The van der Waals surface area contributed by atoms with Gasteiger partial charge in [0.1, 0.15) is 22.8 Å². The topological polar surface area (TPSA) is 84.6 Å². The number of ether oxygens (including phenoxy) is 1. The van der Waals surface area contributed by atoms with Gasteiger partial charge in [-0.2, -0.15) is 0 Å². The van der Waals surface area contributed by atoms with Crippen LogP contribution in [0.5, 0.6) is 11.5 Å². The third-order valence-corrected chi connectivity index (χ3v) is 6.24. The molecule has 2 aromatic heterocycles. The maximum absolute atomic E-state index is 12.9. The number of fused-ring (bicyclic) bond motifs is 1. The van der Waals surface area contributed by atoms with Crippen molar-refractivity contribution < 1.29 is 19.1 Å². The summed E-state index contributed by atoms with van der Waals surface area (Å²) in [6.45, 7) is 0. The number of rotatable bonds is 5. The van der Waals surface area contributed by atoms with Crippen molar-refractivity contribution in [1.82, 2.24) is 10.3 Å². The number of benzene rings is 2. The highest BCUT2D eigenvalue weighted by molar-refractivity contribution is 5.98. The van der Waals surface area contributed by atoms with Gasteiger partial charge in [-0.1, -0.05) is 31.4 Å². The Bertz CT molecular complexity index is 1300. The number of carbonyl (C=O) groups excluding carboxylic acids is 1. The molecule has 0 radical (unpaired) electrons. The fraction of sp³-hybridized carbons (Fsp3) is 0.259. The molecule has 1 fully saturated rings. The lowest BCUT2D eigenvalue weighted by Gasteiger charge is -2.22. The molecule has 4 aromatic rings. The fourth-order valence-corrected chi connectivity index (χ4v) is 4.53. The number of furan rings is 1. The molecule has 0 aliphatic heterocycles. The van der Waals surface area contributed by atoms with Crippen LogP contribution in [0.1, 0.15) is 42.5 Å². The van der Waals surface area contributed by atoms with E-state index in [1.165, 1.54) is 19.3 Å². The van der Waals surface area contributed by atoms with Crippen LogP contribution in [0, 0.1) is 0 Å². The molecule has 1 aliphatic carbocycles. The molecule has 0 atom stereocenters. The maximum atomic E-state index is 12.9. The number of carbonyl (C=O) groups is 1. The summed E-state index contributed by atoms with van der Waals surface area (Å²) in [7, 11) is 1.55. The van der Waals surface area contributed by atoms with Crippen LogP contribution in [0.3, 0.4) is 0 Å². The van der Waals surface area contributed by atoms with Crippen molar-refractivity contribution in [3.8, 4) is 33.9 Å². The predicted molar refractivity (Wildman–Crippen MR) is 127 cm³/mol. The second-order valence-corrected chi connectivity index (χ2v) is 8.46. The Labute approximate surface area is 192 Å². The number of methoxy groups -OCH3 is 1. The number of aromatic nitrogens is 1. The highest BCUT2D eigenvalue weighted by Crippen LogP contribution is 2.38. The van der Waals surface area contributed by atoms with Crippen LogP contribution in [0.4, 0.5) is 0 Å². The zero-order valence-electron chi connectivity index (χ0n) is 18.5. The molecule has 1 amide bonds. The molecule has 6 heteroatoms. The van der Waals surface area contributed by atoms with Gasteiger partial charge in [0, 0.05) is 35.5 Å². The summed E-state index contributed by atoms with van der Waals surface area (Å²) in [4.78, 5) is 17.3. The highest BCUT2D eigenvalue weighted by Gasteiger charge is 2.19. The van der Waals surface area contributed by atoms with Crippen molar-refractivity contribution in [3.63, 3.8) is 0 Å². The van der Waals surface area contributed by atoms with E-state index in [9.17, 15) is 9.90 Å². The van der Waals surface area contributed by atoms with Gasteiger partial charge in [0.2, 0.25) is 0 Å². The second-order valence-electron chi connectivity index (χ2n) is 8.46. The molecule has 33 heavy (non-hydrogen) atoms. The number of phenols is 1. The quantitative estimate of drug-likeness (QED) is 0.400. The van der Waals surface area contributed by atoms with E-state index >= 15 is 0 Å². The number of amides is 1. The summed E-state index contributed by atoms with van der Waals surface area (Å²) in [6, 6.07) is 16.5. The van der Waals surface area contributed by atoms with E-state index in [0.29, 0.717) is 28.2 Å². The van der Waals surface area contributed by atoms with Gasteiger partial charge in [-0.05, 0) is 48.7 Å². The first-order chi connectivity index (χ1) is 16.1. The zero-order chi connectivity index (χ0) is 22.8. The van der Waals surface area contributed by atoms with Crippen molar-refractivity contribution >= 4 is 17.0 Å². The smallest absolute Gasteiger partial charge is 0.251 e. The van der Waals surface area contributed by atoms with Gasteiger partial charge in [0.05, 0.1) is 12.7 Å². The molecule has 0 unspecified atom stereocenters. The zero-order valence-corrected chi connectivity index (χ0v) is 18.5. The van der Waals surface area contributed by atoms with E-state index in [1.807, 2.05) is 36.4 Å². The first-order valence-corrected chi connectivity index (χ1v) is 11.3. The van der Waals surface area contributed by atoms with E-state index in [-0.39, 0.29) is 17.7 Å². The standard InChI is InChI=1S/C27H26N2O4/c1-32-24-15-20(30)10-11-22(24)25-16-23-26(33-25)21(12-13-28-23)17-6-5-7-18(14-17)27(31)29-19-8-3-2-4-9-19/h5-7,10-16,19,30H,2-4,8-9H2,1H3,(H,29,31). The Morgan fingerprint density at radius 1 is 1.06 bits per heavy atom. The third-order valence-electron chi connectivity index (χ3n) is 6.24. The minimum atomic E-state index is -0.0389. The normalized spacial score (nSPS) is 14.3. The second kappa shape index (κ2) is 8.98. The maximum Gasteiger partial charge on any atom is 0.251 e. The van der Waals surface area contributed by atoms with Crippen molar-refractivity contribution in [3.05, 3.63) is 66.4 Å². The lowest BCUT2D eigenvalue weighted by atomic mass is 9.95. The molecule has 1 saturated carbocycles. The summed E-state index contributed by atoms with van der Waals surface area (Å²) in [5.41, 5.74) is 4.44. The summed E-state index contributed by atoms with van der Waals surface area (Å²) in [5.74, 6) is 1.18. The Balaban J connectivity index is 1.49. The Morgan fingerprint density at radius 2 is 1.91 bits per heavy atom. The number of pyridine rings is 1. The van der Waals surface area contributed by atoms with Crippen LogP contribution in [0.25, 0.3) is 33.6 Å². The lowest BCUT2D eigenvalue weighted by Crippen LogP contribution is -2.36. The average Bonchev–Trinajstić information content (AvgIpc) is 3.29. The number of hydrogen-bond donors (Lipinski definition) is 2. The van der Waals surface area contributed by atoms with Crippen LogP contribution in [0.2, 0.25) is 0 Å². The molecule has 2 N–H and O–H groups in total. The Hall–Kier alpha value is -3.80. The molecular weight excluding hydrogens is 416 g/mol. The summed E-state index contributed by atoms with van der Waals surface area (Å²) in [5, 5.41) is 13.0. The minimum Gasteiger partial charge on any atom is -0.508 e. The van der Waals surface area contributed by atoms with E-state index in [4.69, 9.17) is 9.15 Å². The number of phenolic OH excluding ortho intramolecular Hbond substituents is 1. The van der Waals surface area contributed by atoms with Crippen LogP contribution in [-0.2, 0) is 0 Å². The molecule has 168 valence electrons. The SMILES string of the molecule is COc1cc(O)ccc1-c1cc2nccc(-c3cccc(C(=O)NC4CCCCC4)c3)c2o1. The number of aromatic hydroxyl groups is 1. The van der Waals surface area contributed by atoms with Crippen molar-refractivity contribution in [2.75, 3.05) is 7.11 Å². The summed E-state index contributed by atoms with van der Waals surface area (Å²) >= 11 is 0. The van der Waals surface area contributed by atoms with Crippen molar-refractivity contribution in [2.24, 2.45) is 0 Å². The largest absolute Gasteiger partial charge is 0.508 e. The molecule has 0 saturated heterocycles. The molecular formula is C27H26N2O4. The average molecular weight is 443 g/mol. The van der Waals surface area contributed by atoms with Crippen molar-refractivity contribution in [1.29, 1.82) is 0 Å². The van der Waals surface area contributed by atoms with Crippen molar-refractivity contribution in [2.45, 2.75) is 38.1 Å². The highest BCUT2D eigenvalue weighted by atomic mass is 16.5. The van der Waals surface area contributed by atoms with Gasteiger partial charge >= 0.3 is 0 Å². The number of nitrogens with one attached hydrogen (secondary N) is 1. The van der Waals surface area contributed by atoms with Gasteiger partial charge in [0.25, 0.3) is 5.91 Å². The Morgan fingerprint density at radius 3 is 2.73 bits per heavy atom. The number of nitrogens with zero attached hydrogens (tertiary/aromatic N) is 1. The van der Waals surface area contributed by atoms with Gasteiger partial charge in [0.15, 0.2) is 5.58 Å². The number of hydrogen-bond acceptors (Lipinski definition) is 5. The molecule has 1 aliphatic rings. The molecule has 5 rings (SSSR count). The van der Waals surface area contributed by atoms with E-state index in [0.717, 1.165) is 29.5 Å². The molecule has 2 heterocycles. The van der Waals surface area contributed by atoms with Crippen LogP contribution in [0.15, 0.2) is 65.2 Å². The summed E-state index contributed by atoms with van der Waals surface area (Å²) in [6.07, 6.45) is 7.43. The van der Waals surface area contributed by atoms with E-state index < -0.39 is 0 Å². The Kier molecular flexibility index (Phi) is 5.73.